The number of carbonyl (C=O) groups is 2. The molecule has 0 saturated carbocycles. The zero-order valence-corrected chi connectivity index (χ0v) is 12.1. The molecule has 3 atom stereocenters. The second-order valence-corrected chi connectivity index (χ2v) is 5.33. The highest BCUT2D eigenvalue weighted by Gasteiger charge is 2.37. The van der Waals surface area contributed by atoms with Crippen molar-refractivity contribution < 1.29 is 19.4 Å². The molecule has 1 aliphatic heterocycles. The number of hydrogen-bond acceptors (Lipinski definition) is 3. The van der Waals surface area contributed by atoms with Gasteiger partial charge in [-0.1, -0.05) is 26.7 Å². The number of likely N-dealkylation sites (tertiary alicyclic amines) is 1. The van der Waals surface area contributed by atoms with E-state index in [1.165, 1.54) is 4.90 Å². The number of nitrogens with zero attached hydrogens (tertiary/aromatic N) is 1. The molecule has 0 radical (unpaired) electrons. The maximum Gasteiger partial charge on any atom is 0.410 e. The predicted octanol–water partition coefficient (Wildman–Crippen LogP) is 2.89. The van der Waals surface area contributed by atoms with Crippen molar-refractivity contribution in [1.29, 1.82) is 0 Å². The van der Waals surface area contributed by atoms with Crippen molar-refractivity contribution >= 4 is 12.1 Å². The van der Waals surface area contributed by atoms with Crippen LogP contribution in [-0.2, 0) is 9.53 Å². The van der Waals surface area contributed by atoms with Crippen LogP contribution in [0.1, 0.15) is 52.9 Å². The number of carbonyl (C=O) groups excluding carboxylic acids is 1. The van der Waals surface area contributed by atoms with Gasteiger partial charge in [-0.25, -0.2) is 9.59 Å². The number of ether oxygens (including phenoxy) is 1. The summed E-state index contributed by atoms with van der Waals surface area (Å²) < 4.78 is 5.24. The normalized spacial score (nSPS) is 24.9. The van der Waals surface area contributed by atoms with Gasteiger partial charge in [-0.05, 0) is 32.1 Å². The summed E-state index contributed by atoms with van der Waals surface area (Å²) in [6.07, 6.45) is 3.56. The standard InChI is InChI=1S/C14H25NO4/c1-4-6-11-7-8-15(12(9-11)13(16)17)14(18)19-10(3)5-2/h10-12H,4-9H2,1-3H3,(H,16,17). The topological polar surface area (TPSA) is 66.8 Å². The number of rotatable bonds is 5. The molecule has 1 N–H and O–H groups in total. The van der Waals surface area contributed by atoms with Crippen molar-refractivity contribution in [2.45, 2.75) is 65.0 Å². The van der Waals surface area contributed by atoms with Crippen LogP contribution in [-0.4, -0.2) is 40.8 Å². The molecule has 1 heterocycles. The average Bonchev–Trinajstić information content (AvgIpc) is 2.38. The van der Waals surface area contributed by atoms with Gasteiger partial charge < -0.3 is 9.84 Å². The number of amides is 1. The molecule has 19 heavy (non-hydrogen) atoms. The van der Waals surface area contributed by atoms with Crippen molar-refractivity contribution in [2.75, 3.05) is 6.54 Å². The van der Waals surface area contributed by atoms with Gasteiger partial charge in [0.05, 0.1) is 0 Å². The molecular formula is C14H25NO4. The largest absolute Gasteiger partial charge is 0.480 e. The molecule has 0 bridgehead atoms. The highest BCUT2D eigenvalue weighted by atomic mass is 16.6. The Bertz CT molecular complexity index is 319. The van der Waals surface area contributed by atoms with E-state index in [0.717, 1.165) is 25.7 Å². The van der Waals surface area contributed by atoms with Crippen LogP contribution in [0.5, 0.6) is 0 Å². The average molecular weight is 271 g/mol. The Kier molecular flexibility index (Phi) is 6.12. The second-order valence-electron chi connectivity index (χ2n) is 5.33. The highest BCUT2D eigenvalue weighted by molar-refractivity contribution is 5.80. The second kappa shape index (κ2) is 7.36. The quantitative estimate of drug-likeness (QED) is 0.835. The fraction of sp³-hybridized carbons (Fsp3) is 0.857. The van der Waals surface area contributed by atoms with Crippen molar-refractivity contribution in [2.24, 2.45) is 5.92 Å². The van der Waals surface area contributed by atoms with E-state index >= 15 is 0 Å². The number of piperidine rings is 1. The molecule has 0 aliphatic carbocycles. The molecule has 0 spiro atoms. The van der Waals surface area contributed by atoms with E-state index in [2.05, 4.69) is 6.92 Å². The minimum atomic E-state index is -0.929. The molecule has 5 heteroatoms. The predicted molar refractivity (Wildman–Crippen MR) is 72.0 cm³/mol. The first-order valence-electron chi connectivity index (χ1n) is 7.19. The summed E-state index contributed by atoms with van der Waals surface area (Å²) in [5.41, 5.74) is 0. The van der Waals surface area contributed by atoms with Crippen molar-refractivity contribution in [3.05, 3.63) is 0 Å². The van der Waals surface area contributed by atoms with Gasteiger partial charge in [-0.3, -0.25) is 4.90 Å². The zero-order chi connectivity index (χ0) is 14.4. The number of carboxylic acid groups (broad SMARTS) is 1. The summed E-state index contributed by atoms with van der Waals surface area (Å²) in [6.45, 7) is 6.33. The van der Waals surface area contributed by atoms with Gasteiger partial charge in [0.2, 0.25) is 0 Å². The lowest BCUT2D eigenvalue weighted by molar-refractivity contribution is -0.144. The molecule has 1 aliphatic rings. The van der Waals surface area contributed by atoms with Crippen LogP contribution in [0, 0.1) is 5.92 Å². The van der Waals surface area contributed by atoms with Gasteiger partial charge >= 0.3 is 12.1 Å². The molecule has 1 saturated heterocycles. The third-order valence-electron chi connectivity index (χ3n) is 3.80. The summed E-state index contributed by atoms with van der Waals surface area (Å²) in [4.78, 5) is 24.7. The summed E-state index contributed by atoms with van der Waals surface area (Å²) >= 11 is 0. The van der Waals surface area contributed by atoms with Crippen LogP contribution in [0.3, 0.4) is 0 Å². The van der Waals surface area contributed by atoms with Crippen LogP contribution in [0.15, 0.2) is 0 Å². The van der Waals surface area contributed by atoms with Crippen LogP contribution < -0.4 is 0 Å². The fourth-order valence-electron chi connectivity index (χ4n) is 2.48. The Morgan fingerprint density at radius 2 is 2.11 bits per heavy atom. The van der Waals surface area contributed by atoms with Gasteiger partial charge in [0.1, 0.15) is 12.1 Å². The van der Waals surface area contributed by atoms with E-state index in [1.807, 2.05) is 13.8 Å². The number of hydrogen-bond donors (Lipinski definition) is 1. The van der Waals surface area contributed by atoms with Crippen LogP contribution >= 0.6 is 0 Å². The third-order valence-corrected chi connectivity index (χ3v) is 3.80. The molecule has 0 aromatic heterocycles. The van der Waals surface area contributed by atoms with E-state index in [-0.39, 0.29) is 6.10 Å². The molecule has 110 valence electrons. The lowest BCUT2D eigenvalue weighted by Crippen LogP contribution is -2.50. The van der Waals surface area contributed by atoms with Crippen molar-refractivity contribution in [3.63, 3.8) is 0 Å². The minimum absolute atomic E-state index is 0.171. The Labute approximate surface area is 114 Å². The zero-order valence-electron chi connectivity index (χ0n) is 12.1. The highest BCUT2D eigenvalue weighted by Crippen LogP contribution is 2.27. The molecule has 1 amide bonds. The SMILES string of the molecule is CCCC1CCN(C(=O)OC(C)CC)C(C(=O)O)C1. The maximum atomic E-state index is 12.0. The Morgan fingerprint density at radius 3 is 2.63 bits per heavy atom. The van der Waals surface area contributed by atoms with Gasteiger partial charge in [0, 0.05) is 6.54 Å². The molecule has 1 fully saturated rings. The first-order chi connectivity index (χ1) is 8.99. The minimum Gasteiger partial charge on any atom is -0.480 e. The van der Waals surface area contributed by atoms with Gasteiger partial charge in [-0.2, -0.15) is 0 Å². The summed E-state index contributed by atoms with van der Waals surface area (Å²) in [7, 11) is 0. The summed E-state index contributed by atoms with van der Waals surface area (Å²) in [5.74, 6) is -0.527. The molecule has 0 aromatic carbocycles. The third kappa shape index (κ3) is 4.40. The Balaban J connectivity index is 2.66. The molecular weight excluding hydrogens is 246 g/mol. The van der Waals surface area contributed by atoms with Crippen LogP contribution in [0.4, 0.5) is 4.79 Å². The van der Waals surface area contributed by atoms with E-state index in [9.17, 15) is 14.7 Å². The van der Waals surface area contributed by atoms with Gasteiger partial charge in [0.25, 0.3) is 0 Å². The van der Waals surface area contributed by atoms with E-state index < -0.39 is 18.1 Å². The molecule has 3 unspecified atom stereocenters. The van der Waals surface area contributed by atoms with Crippen molar-refractivity contribution in [1.82, 2.24) is 4.90 Å². The van der Waals surface area contributed by atoms with E-state index in [1.54, 1.807) is 0 Å². The molecule has 1 rings (SSSR count). The van der Waals surface area contributed by atoms with E-state index in [4.69, 9.17) is 4.74 Å². The van der Waals surface area contributed by atoms with Crippen LogP contribution in [0.25, 0.3) is 0 Å². The van der Waals surface area contributed by atoms with Gasteiger partial charge in [-0.15, -0.1) is 0 Å². The first-order valence-corrected chi connectivity index (χ1v) is 7.19. The number of carboxylic acids is 1. The summed E-state index contributed by atoms with van der Waals surface area (Å²) in [6, 6.07) is -0.734. The smallest absolute Gasteiger partial charge is 0.410 e. The van der Waals surface area contributed by atoms with Crippen LogP contribution in [0.2, 0.25) is 0 Å². The monoisotopic (exact) mass is 271 g/mol. The summed E-state index contributed by atoms with van der Waals surface area (Å²) in [5, 5.41) is 9.29. The fourth-order valence-corrected chi connectivity index (χ4v) is 2.48. The molecule has 0 aromatic rings. The lowest BCUT2D eigenvalue weighted by Gasteiger charge is -2.36. The maximum absolute atomic E-state index is 12.0. The van der Waals surface area contributed by atoms with Crippen molar-refractivity contribution in [3.8, 4) is 0 Å². The molecule has 5 nitrogen and oxygen atoms in total. The first kappa shape index (κ1) is 15.8. The van der Waals surface area contributed by atoms with Gasteiger partial charge in [0.15, 0.2) is 0 Å². The Hall–Kier alpha value is -1.26. The number of aliphatic carboxylic acids is 1. The Morgan fingerprint density at radius 1 is 1.42 bits per heavy atom. The van der Waals surface area contributed by atoms with E-state index in [0.29, 0.717) is 18.9 Å². The lowest BCUT2D eigenvalue weighted by atomic mass is 9.88.